The minimum Gasteiger partial charge on any atom is -0.352 e. The maximum absolute atomic E-state index is 11.9. The highest BCUT2D eigenvalue weighted by molar-refractivity contribution is 9.10. The van der Waals surface area contributed by atoms with Gasteiger partial charge in [0, 0.05) is 21.9 Å². The molecule has 0 fully saturated rings. The van der Waals surface area contributed by atoms with Crippen LogP contribution < -0.4 is 5.32 Å². The lowest BCUT2D eigenvalue weighted by atomic mass is 10.1. The second-order valence-corrected chi connectivity index (χ2v) is 5.59. The molecule has 0 spiro atoms. The van der Waals surface area contributed by atoms with E-state index >= 15 is 0 Å². The molecule has 1 amide bonds. The Morgan fingerprint density at radius 3 is 2.82 bits per heavy atom. The van der Waals surface area contributed by atoms with E-state index in [1.807, 2.05) is 0 Å². The molecule has 0 bridgehead atoms. The van der Waals surface area contributed by atoms with Crippen molar-refractivity contribution in [2.24, 2.45) is 5.92 Å². The number of carbonyl (C=O) groups is 1. The fraction of sp³-hybridized carbons (Fsp3) is 0.417. The smallest absolute Gasteiger partial charge is 0.252 e. The molecular weight excluding hydrogens is 325 g/mol. The molecule has 0 aliphatic rings. The highest BCUT2D eigenvalue weighted by Crippen LogP contribution is 2.21. The summed E-state index contributed by atoms with van der Waals surface area (Å²) in [5.74, 6) is 0.888. The first kappa shape index (κ1) is 14.8. The molecule has 1 N–H and O–H groups in total. The highest BCUT2D eigenvalue weighted by Gasteiger charge is 2.11. The number of benzene rings is 1. The Labute approximate surface area is 120 Å². The van der Waals surface area contributed by atoms with E-state index in [-0.39, 0.29) is 5.91 Å². The van der Waals surface area contributed by atoms with Gasteiger partial charge in [0.1, 0.15) is 0 Å². The van der Waals surface area contributed by atoms with Crippen molar-refractivity contribution in [2.45, 2.75) is 13.3 Å². The van der Waals surface area contributed by atoms with Crippen LogP contribution in [-0.2, 0) is 0 Å². The van der Waals surface area contributed by atoms with Crippen molar-refractivity contribution < 1.29 is 4.79 Å². The average molecular weight is 339 g/mol. The zero-order chi connectivity index (χ0) is 12.8. The first-order chi connectivity index (χ1) is 8.04. The molecule has 1 unspecified atom stereocenters. The van der Waals surface area contributed by atoms with Crippen LogP contribution in [0.3, 0.4) is 0 Å². The van der Waals surface area contributed by atoms with Gasteiger partial charge < -0.3 is 5.32 Å². The molecule has 1 aromatic carbocycles. The van der Waals surface area contributed by atoms with E-state index in [0.29, 0.717) is 33.4 Å². The number of halogens is 3. The Bertz CT molecular complexity index is 398. The quantitative estimate of drug-likeness (QED) is 0.805. The fourth-order valence-electron chi connectivity index (χ4n) is 1.32. The van der Waals surface area contributed by atoms with Crippen molar-refractivity contribution in [3.63, 3.8) is 0 Å². The third kappa shape index (κ3) is 4.86. The summed E-state index contributed by atoms with van der Waals surface area (Å²) >= 11 is 14.8. The monoisotopic (exact) mass is 337 g/mol. The van der Waals surface area contributed by atoms with Gasteiger partial charge in [0.05, 0.1) is 5.56 Å². The molecule has 0 aliphatic carbocycles. The van der Waals surface area contributed by atoms with Crippen molar-refractivity contribution in [1.29, 1.82) is 0 Å². The highest BCUT2D eigenvalue weighted by atomic mass is 79.9. The van der Waals surface area contributed by atoms with Crippen LogP contribution in [0.4, 0.5) is 0 Å². The van der Waals surface area contributed by atoms with Crippen molar-refractivity contribution in [1.82, 2.24) is 5.32 Å². The van der Waals surface area contributed by atoms with Crippen LogP contribution in [-0.4, -0.2) is 18.3 Å². The Morgan fingerprint density at radius 2 is 2.24 bits per heavy atom. The molecule has 0 saturated heterocycles. The van der Waals surface area contributed by atoms with E-state index in [9.17, 15) is 4.79 Å². The van der Waals surface area contributed by atoms with Gasteiger partial charge in [-0.1, -0.05) is 18.5 Å². The summed E-state index contributed by atoms with van der Waals surface area (Å²) in [6.45, 7) is 2.68. The van der Waals surface area contributed by atoms with E-state index in [1.54, 1.807) is 18.2 Å². The minimum absolute atomic E-state index is 0.102. The third-order valence-corrected chi connectivity index (χ3v) is 3.50. The Kier molecular flexibility index (Phi) is 6.31. The van der Waals surface area contributed by atoms with Crippen LogP contribution in [0.25, 0.3) is 0 Å². The van der Waals surface area contributed by atoms with Crippen LogP contribution in [0.1, 0.15) is 23.7 Å². The lowest BCUT2D eigenvalue weighted by molar-refractivity contribution is 0.0947. The van der Waals surface area contributed by atoms with Crippen molar-refractivity contribution in [3.8, 4) is 0 Å². The zero-order valence-electron chi connectivity index (χ0n) is 9.47. The first-order valence-corrected chi connectivity index (χ1v) is 7.04. The average Bonchev–Trinajstić information content (AvgIpc) is 2.26. The molecule has 94 valence electrons. The van der Waals surface area contributed by atoms with Gasteiger partial charge in [-0.15, -0.1) is 11.6 Å². The van der Waals surface area contributed by atoms with E-state index < -0.39 is 0 Å². The predicted octanol–water partition coefficient (Wildman–Crippen LogP) is 4.10. The fourth-order valence-corrected chi connectivity index (χ4v) is 2.56. The summed E-state index contributed by atoms with van der Waals surface area (Å²) in [6.07, 6.45) is 0.892. The molecule has 17 heavy (non-hydrogen) atoms. The summed E-state index contributed by atoms with van der Waals surface area (Å²) in [6, 6.07) is 5.11. The Balaban J connectivity index is 2.58. The van der Waals surface area contributed by atoms with Gasteiger partial charge in [-0.2, -0.15) is 0 Å². The number of hydrogen-bond acceptors (Lipinski definition) is 1. The summed E-state index contributed by atoms with van der Waals surface area (Å²) in [5, 5.41) is 3.47. The maximum Gasteiger partial charge on any atom is 0.252 e. The number of alkyl halides is 1. The normalized spacial score (nSPS) is 12.2. The van der Waals surface area contributed by atoms with Crippen molar-refractivity contribution in [3.05, 3.63) is 33.3 Å². The maximum atomic E-state index is 11.9. The van der Waals surface area contributed by atoms with Crippen LogP contribution >= 0.6 is 39.1 Å². The summed E-state index contributed by atoms with van der Waals surface area (Å²) in [4.78, 5) is 11.9. The van der Waals surface area contributed by atoms with E-state index in [2.05, 4.69) is 28.2 Å². The molecule has 0 radical (unpaired) electrons. The molecule has 1 aromatic rings. The molecule has 1 rings (SSSR count). The lowest BCUT2D eigenvalue weighted by Gasteiger charge is -2.11. The van der Waals surface area contributed by atoms with Gasteiger partial charge in [0.15, 0.2) is 0 Å². The van der Waals surface area contributed by atoms with Gasteiger partial charge >= 0.3 is 0 Å². The van der Waals surface area contributed by atoms with Crippen LogP contribution in [0.15, 0.2) is 22.7 Å². The summed E-state index contributed by atoms with van der Waals surface area (Å²) in [7, 11) is 0. The van der Waals surface area contributed by atoms with Gasteiger partial charge in [-0.05, 0) is 46.5 Å². The van der Waals surface area contributed by atoms with Gasteiger partial charge in [0.2, 0.25) is 0 Å². The van der Waals surface area contributed by atoms with Gasteiger partial charge in [0.25, 0.3) is 5.91 Å². The molecule has 0 aromatic heterocycles. The largest absolute Gasteiger partial charge is 0.352 e. The number of hydrogen-bond donors (Lipinski definition) is 1. The summed E-state index contributed by atoms with van der Waals surface area (Å²) in [5.41, 5.74) is 0.590. The zero-order valence-corrected chi connectivity index (χ0v) is 12.6. The van der Waals surface area contributed by atoms with Crippen molar-refractivity contribution in [2.75, 3.05) is 12.4 Å². The van der Waals surface area contributed by atoms with E-state index in [1.165, 1.54) is 0 Å². The number of nitrogens with one attached hydrogen (secondary N) is 1. The van der Waals surface area contributed by atoms with E-state index in [4.69, 9.17) is 23.2 Å². The lowest BCUT2D eigenvalue weighted by Crippen LogP contribution is -2.28. The van der Waals surface area contributed by atoms with Crippen LogP contribution in [0.2, 0.25) is 5.02 Å². The topological polar surface area (TPSA) is 29.1 Å². The molecule has 5 heteroatoms. The number of rotatable bonds is 5. The van der Waals surface area contributed by atoms with Crippen molar-refractivity contribution >= 4 is 45.0 Å². The Hall–Kier alpha value is -0.250. The molecule has 0 aliphatic heterocycles. The Morgan fingerprint density at radius 1 is 1.53 bits per heavy atom. The molecular formula is C12H14BrCl2NO. The van der Waals surface area contributed by atoms with Crippen LogP contribution in [0, 0.1) is 5.92 Å². The second kappa shape index (κ2) is 7.24. The summed E-state index contributed by atoms with van der Waals surface area (Å²) < 4.78 is 0.701. The first-order valence-electron chi connectivity index (χ1n) is 5.33. The van der Waals surface area contributed by atoms with E-state index in [0.717, 1.165) is 6.42 Å². The van der Waals surface area contributed by atoms with Gasteiger partial charge in [-0.25, -0.2) is 0 Å². The second-order valence-electron chi connectivity index (χ2n) is 3.92. The standard InChI is InChI=1S/C12H14BrCl2NO/c1-8(4-5-14)7-16-12(17)10-3-2-9(15)6-11(10)13/h2-3,6,8H,4-5,7H2,1H3,(H,16,17). The number of amides is 1. The third-order valence-electron chi connectivity index (χ3n) is 2.39. The van der Waals surface area contributed by atoms with Crippen LogP contribution in [0.5, 0.6) is 0 Å². The molecule has 1 atom stereocenters. The SMILES string of the molecule is CC(CCCl)CNC(=O)c1ccc(Cl)cc1Br. The predicted molar refractivity (Wildman–Crippen MR) is 76.0 cm³/mol. The minimum atomic E-state index is -0.102. The molecule has 2 nitrogen and oxygen atoms in total. The number of carbonyl (C=O) groups excluding carboxylic acids is 1. The molecule has 0 heterocycles. The molecule has 0 saturated carbocycles. The van der Waals surface area contributed by atoms with Gasteiger partial charge in [-0.3, -0.25) is 4.79 Å².